The molecule has 0 bridgehead atoms. The van der Waals surface area contributed by atoms with Gasteiger partial charge in [0, 0.05) is 47.6 Å². The van der Waals surface area contributed by atoms with Crippen molar-refractivity contribution in [2.75, 3.05) is 0 Å². The molecule has 256 valence electrons. The maximum Gasteiger partial charge on any atom is 0.159 e. The lowest BCUT2D eigenvalue weighted by Gasteiger charge is -2.24. The Balaban J connectivity index is 1.10. The van der Waals surface area contributed by atoms with Crippen molar-refractivity contribution in [2.45, 2.75) is 6.17 Å². The number of aliphatic imine (C=N–C) groups is 2. The second-order valence-electron chi connectivity index (χ2n) is 14.7. The van der Waals surface area contributed by atoms with E-state index in [2.05, 4.69) is 172 Å². The lowest BCUT2D eigenvalue weighted by Crippen LogP contribution is -2.55. The third-order valence-electron chi connectivity index (χ3n) is 11.8. The van der Waals surface area contributed by atoms with Crippen LogP contribution in [0.4, 0.5) is 0 Å². The number of rotatable bonds is 5. The number of thiophene rings is 1. The monoisotopic (exact) mass is 719 g/mol. The summed E-state index contributed by atoms with van der Waals surface area (Å²) in [5.41, 5.74) is 16.4. The number of furan rings is 1. The van der Waals surface area contributed by atoms with E-state index in [1.165, 1.54) is 64.2 Å². The molecule has 0 radical (unpaired) electrons. The Kier molecular flexibility index (Phi) is 8.00. The van der Waals surface area contributed by atoms with E-state index in [0.29, 0.717) is 5.84 Å². The van der Waals surface area contributed by atoms with Gasteiger partial charge in [-0.25, -0.2) is 9.98 Å². The zero-order valence-electron chi connectivity index (χ0n) is 31.5. The Morgan fingerprint density at radius 2 is 1.20 bits per heavy atom. The van der Waals surface area contributed by atoms with Crippen molar-refractivity contribution >= 4 is 132 Å². The number of fused-ring (bicyclic) bond motifs is 6. The quantitative estimate of drug-likeness (QED) is 0.279. The zero-order chi connectivity index (χ0) is 37.4. The second kappa shape index (κ2) is 13.1. The average Bonchev–Trinajstić information content (AvgIpc) is 3.81. The Hall–Kier alpha value is -5.98. The number of nitrogens with one attached hydrogen (secondary N) is 1. The smallest absolute Gasteiger partial charge is 0.159 e. The van der Waals surface area contributed by atoms with Crippen LogP contribution in [0.1, 0.15) is 22.9 Å². The average molecular weight is 719 g/mol. The number of amidine groups is 2. The van der Waals surface area contributed by atoms with E-state index in [1.54, 1.807) is 0 Å². The van der Waals surface area contributed by atoms with Gasteiger partial charge in [0.05, 0.1) is 0 Å². The summed E-state index contributed by atoms with van der Waals surface area (Å²) >= 11 is 1.85. The molecular weight excluding hydrogens is 685 g/mol. The highest BCUT2D eigenvalue weighted by Gasteiger charge is 2.23. The molecule has 1 N–H and O–H groups in total. The first-order valence-corrected chi connectivity index (χ1v) is 19.7. The standard InChI is InChI=1S/C45H34B5N3OS/c46-37-35(38(47)40(49)41(50)39(37)48)23-16-18-25(19-17-23)44-51-43(24-8-2-1-3-9-24)52-45(53-44)26-20-21-32-31(22-26)36-28(11-7-14-33(36)54-32)30-13-6-12-29-27-10-4-5-15-34(27)55-42(29)30/h1-22,43H,46-50H2,(H,51,52,53). The third-order valence-corrected chi connectivity index (χ3v) is 13.0. The van der Waals surface area contributed by atoms with Gasteiger partial charge in [-0.15, -0.1) is 27.7 Å². The van der Waals surface area contributed by atoms with Crippen LogP contribution in [0.5, 0.6) is 0 Å². The highest BCUT2D eigenvalue weighted by atomic mass is 32.1. The van der Waals surface area contributed by atoms with Gasteiger partial charge < -0.3 is 9.73 Å². The summed E-state index contributed by atoms with van der Waals surface area (Å²) in [6.45, 7) is 0. The molecular formula is C45H34B5N3OS. The van der Waals surface area contributed by atoms with Gasteiger partial charge in [0.1, 0.15) is 62.4 Å². The first kappa shape index (κ1) is 33.6. The van der Waals surface area contributed by atoms with Gasteiger partial charge in [0.15, 0.2) is 5.84 Å². The molecule has 0 amide bonds. The lowest BCUT2D eigenvalue weighted by atomic mass is 9.59. The van der Waals surface area contributed by atoms with Crippen molar-refractivity contribution in [3.63, 3.8) is 0 Å². The molecule has 1 aliphatic heterocycles. The molecule has 7 aromatic carbocycles. The number of hydrogen-bond acceptors (Lipinski definition) is 5. The van der Waals surface area contributed by atoms with Crippen LogP contribution < -0.4 is 32.6 Å². The second-order valence-corrected chi connectivity index (χ2v) is 15.8. The van der Waals surface area contributed by atoms with E-state index in [1.807, 2.05) is 17.4 Å². The Bertz CT molecular complexity index is 3050. The summed E-state index contributed by atoms with van der Waals surface area (Å²) in [7, 11) is 11.2. The topological polar surface area (TPSA) is 49.9 Å². The molecule has 2 aromatic heterocycles. The highest BCUT2D eigenvalue weighted by Crippen LogP contribution is 2.44. The molecule has 0 saturated heterocycles. The van der Waals surface area contributed by atoms with E-state index in [9.17, 15) is 0 Å². The molecule has 0 aliphatic carbocycles. The number of benzene rings is 7. The molecule has 10 rings (SSSR count). The van der Waals surface area contributed by atoms with Crippen molar-refractivity contribution < 1.29 is 4.42 Å². The maximum absolute atomic E-state index is 6.51. The van der Waals surface area contributed by atoms with Crippen molar-refractivity contribution in [3.05, 3.63) is 150 Å². The molecule has 1 unspecified atom stereocenters. The minimum atomic E-state index is -0.298. The molecule has 0 spiro atoms. The van der Waals surface area contributed by atoms with E-state index in [-0.39, 0.29) is 6.17 Å². The van der Waals surface area contributed by atoms with Crippen LogP contribution in [0.3, 0.4) is 0 Å². The van der Waals surface area contributed by atoms with E-state index >= 15 is 0 Å². The summed E-state index contributed by atoms with van der Waals surface area (Å²) in [5.74, 6) is 1.48. The van der Waals surface area contributed by atoms with Crippen molar-refractivity contribution in [2.24, 2.45) is 9.98 Å². The van der Waals surface area contributed by atoms with Crippen molar-refractivity contribution in [3.8, 4) is 22.3 Å². The Morgan fingerprint density at radius 1 is 0.545 bits per heavy atom. The maximum atomic E-state index is 6.51. The van der Waals surface area contributed by atoms with Gasteiger partial charge >= 0.3 is 0 Å². The van der Waals surface area contributed by atoms with Gasteiger partial charge in [-0.3, -0.25) is 0 Å². The largest absolute Gasteiger partial charge is 0.456 e. The fraction of sp³-hybridized carbons (Fsp3) is 0.0222. The Morgan fingerprint density at radius 3 is 2.00 bits per heavy atom. The molecule has 1 aliphatic rings. The van der Waals surface area contributed by atoms with Crippen LogP contribution in [0.15, 0.2) is 148 Å². The molecule has 10 heteroatoms. The van der Waals surface area contributed by atoms with Crippen LogP contribution in [0.2, 0.25) is 0 Å². The number of nitrogens with zero attached hydrogens (tertiary/aromatic N) is 2. The highest BCUT2D eigenvalue weighted by molar-refractivity contribution is 7.26. The molecule has 0 saturated carbocycles. The minimum absolute atomic E-state index is 0.298. The summed E-state index contributed by atoms with van der Waals surface area (Å²) in [6.07, 6.45) is -0.298. The fourth-order valence-electron chi connectivity index (χ4n) is 8.41. The summed E-state index contributed by atoms with van der Waals surface area (Å²) in [5, 5.41) is 8.43. The van der Waals surface area contributed by atoms with Gasteiger partial charge in [0.2, 0.25) is 0 Å². The molecule has 9 aromatic rings. The lowest BCUT2D eigenvalue weighted by molar-refractivity contribution is 0.668. The normalized spacial score (nSPS) is 14.4. The third kappa shape index (κ3) is 5.50. The van der Waals surface area contributed by atoms with Crippen molar-refractivity contribution in [1.29, 1.82) is 0 Å². The van der Waals surface area contributed by atoms with Crippen molar-refractivity contribution in [1.82, 2.24) is 5.32 Å². The van der Waals surface area contributed by atoms with Crippen LogP contribution >= 0.6 is 11.3 Å². The molecule has 4 nitrogen and oxygen atoms in total. The molecule has 55 heavy (non-hydrogen) atoms. The SMILES string of the molecule is Bc1c(B)c(B)c(-c2ccc(C3=NC(c4ccccc4)NC(c4ccc5oc6cccc(-c7cccc8c7sc7ccccc78)c6c5c4)=N3)cc2)c(B)c1B. The molecule has 1 atom stereocenters. The molecule has 0 fully saturated rings. The molecule has 3 heterocycles. The van der Waals surface area contributed by atoms with Gasteiger partial charge in [-0.2, -0.15) is 0 Å². The predicted molar refractivity (Wildman–Crippen MR) is 250 cm³/mol. The van der Waals surface area contributed by atoms with Gasteiger partial charge in [-0.1, -0.05) is 114 Å². The fourth-order valence-corrected chi connectivity index (χ4v) is 9.64. The van der Waals surface area contributed by atoms with Crippen LogP contribution in [0.25, 0.3) is 64.4 Å². The summed E-state index contributed by atoms with van der Waals surface area (Å²) in [4.78, 5) is 10.4. The zero-order valence-corrected chi connectivity index (χ0v) is 32.3. The van der Waals surface area contributed by atoms with Crippen LogP contribution in [0, 0.1) is 0 Å². The number of hydrogen-bond donors (Lipinski definition) is 1. The first-order chi connectivity index (χ1) is 26.8. The first-order valence-electron chi connectivity index (χ1n) is 18.9. The Labute approximate surface area is 328 Å². The van der Waals surface area contributed by atoms with Gasteiger partial charge in [-0.05, 0) is 52.6 Å². The van der Waals surface area contributed by atoms with E-state index in [0.717, 1.165) is 50.0 Å². The van der Waals surface area contributed by atoms with Crippen LogP contribution in [-0.2, 0) is 0 Å². The predicted octanol–water partition coefficient (Wildman–Crippen LogP) is 3.08. The van der Waals surface area contributed by atoms with Crippen LogP contribution in [-0.4, -0.2) is 50.9 Å². The van der Waals surface area contributed by atoms with E-state index < -0.39 is 0 Å². The summed E-state index contributed by atoms with van der Waals surface area (Å²) in [6, 6.07) is 47.3. The minimum Gasteiger partial charge on any atom is -0.456 e. The summed E-state index contributed by atoms with van der Waals surface area (Å²) < 4.78 is 9.10. The van der Waals surface area contributed by atoms with E-state index in [4.69, 9.17) is 14.4 Å². The van der Waals surface area contributed by atoms with Gasteiger partial charge in [0.25, 0.3) is 0 Å².